The van der Waals surface area contributed by atoms with Gasteiger partial charge in [0.1, 0.15) is 12.2 Å². The first-order valence-corrected chi connectivity index (χ1v) is 6.40. The van der Waals surface area contributed by atoms with Crippen LogP contribution in [0.25, 0.3) is 5.52 Å². The number of nitrogens with zero attached hydrogens (tertiary/aromatic N) is 4. The van der Waals surface area contributed by atoms with E-state index in [0.717, 1.165) is 37.3 Å². The predicted molar refractivity (Wildman–Crippen MR) is 71.6 cm³/mol. The third-order valence-corrected chi connectivity index (χ3v) is 3.05. The first-order chi connectivity index (χ1) is 9.43. The summed E-state index contributed by atoms with van der Waals surface area (Å²) in [5.74, 6) is 0.942. The second-order valence-electron chi connectivity index (χ2n) is 4.41. The SMILES string of the molecule is c1ccn2ncc(CNCCCc3ncn[nH]3)c2c1. The predicted octanol–water partition coefficient (Wildman–Crippen LogP) is 1.17. The summed E-state index contributed by atoms with van der Waals surface area (Å²) < 4.78 is 1.89. The maximum atomic E-state index is 4.31. The van der Waals surface area contributed by atoms with Crippen LogP contribution in [0, 0.1) is 0 Å². The van der Waals surface area contributed by atoms with E-state index >= 15 is 0 Å². The Kier molecular flexibility index (Phi) is 3.51. The van der Waals surface area contributed by atoms with Gasteiger partial charge in [0.2, 0.25) is 0 Å². The summed E-state index contributed by atoms with van der Waals surface area (Å²) in [5, 5.41) is 14.4. The van der Waals surface area contributed by atoms with Crippen LogP contribution in [0.2, 0.25) is 0 Å². The minimum absolute atomic E-state index is 0.837. The van der Waals surface area contributed by atoms with Crippen molar-refractivity contribution in [2.75, 3.05) is 6.54 Å². The van der Waals surface area contributed by atoms with Gasteiger partial charge in [-0.2, -0.15) is 10.2 Å². The Bertz CT molecular complexity index is 627. The van der Waals surface area contributed by atoms with E-state index in [4.69, 9.17) is 0 Å². The van der Waals surface area contributed by atoms with Crippen LogP contribution >= 0.6 is 0 Å². The highest BCUT2D eigenvalue weighted by atomic mass is 15.2. The summed E-state index contributed by atoms with van der Waals surface area (Å²) in [6, 6.07) is 6.09. The van der Waals surface area contributed by atoms with E-state index in [1.165, 1.54) is 5.56 Å². The van der Waals surface area contributed by atoms with E-state index in [0.29, 0.717) is 0 Å². The Labute approximate surface area is 110 Å². The number of H-pyrrole nitrogens is 1. The molecule has 0 saturated carbocycles. The molecule has 0 bridgehead atoms. The number of pyridine rings is 1. The average Bonchev–Trinajstić information content (AvgIpc) is 3.08. The van der Waals surface area contributed by atoms with Crippen LogP contribution in [-0.2, 0) is 13.0 Å². The monoisotopic (exact) mass is 256 g/mol. The molecule has 19 heavy (non-hydrogen) atoms. The molecular weight excluding hydrogens is 240 g/mol. The Morgan fingerprint density at radius 3 is 3.21 bits per heavy atom. The van der Waals surface area contributed by atoms with E-state index in [9.17, 15) is 0 Å². The van der Waals surface area contributed by atoms with E-state index in [-0.39, 0.29) is 0 Å². The maximum Gasteiger partial charge on any atom is 0.137 e. The van der Waals surface area contributed by atoms with E-state index < -0.39 is 0 Å². The maximum absolute atomic E-state index is 4.31. The average molecular weight is 256 g/mol. The van der Waals surface area contributed by atoms with Crippen molar-refractivity contribution < 1.29 is 0 Å². The van der Waals surface area contributed by atoms with Crippen molar-refractivity contribution in [2.45, 2.75) is 19.4 Å². The lowest BCUT2D eigenvalue weighted by atomic mass is 10.2. The summed E-state index contributed by atoms with van der Waals surface area (Å²) in [7, 11) is 0. The number of aromatic amines is 1. The zero-order valence-corrected chi connectivity index (χ0v) is 10.6. The van der Waals surface area contributed by atoms with Crippen LogP contribution in [0.5, 0.6) is 0 Å². The van der Waals surface area contributed by atoms with Gasteiger partial charge in [-0.05, 0) is 25.1 Å². The van der Waals surface area contributed by atoms with Gasteiger partial charge in [-0.1, -0.05) is 6.07 Å². The van der Waals surface area contributed by atoms with Crippen molar-refractivity contribution in [1.29, 1.82) is 0 Å². The van der Waals surface area contributed by atoms with Crippen molar-refractivity contribution >= 4 is 5.52 Å². The lowest BCUT2D eigenvalue weighted by molar-refractivity contribution is 0.641. The van der Waals surface area contributed by atoms with Crippen molar-refractivity contribution in [3.8, 4) is 0 Å². The summed E-state index contributed by atoms with van der Waals surface area (Å²) in [6.07, 6.45) is 7.37. The largest absolute Gasteiger partial charge is 0.313 e. The molecule has 6 nitrogen and oxygen atoms in total. The molecule has 0 radical (unpaired) electrons. The fraction of sp³-hybridized carbons (Fsp3) is 0.308. The number of rotatable bonds is 6. The highest BCUT2D eigenvalue weighted by Crippen LogP contribution is 2.09. The summed E-state index contributed by atoms with van der Waals surface area (Å²) in [6.45, 7) is 1.79. The molecule has 2 N–H and O–H groups in total. The molecule has 0 spiro atoms. The van der Waals surface area contributed by atoms with Crippen LogP contribution in [0.1, 0.15) is 17.8 Å². The lowest BCUT2D eigenvalue weighted by Crippen LogP contribution is -2.15. The van der Waals surface area contributed by atoms with Gasteiger partial charge >= 0.3 is 0 Å². The minimum atomic E-state index is 0.837. The fourth-order valence-electron chi connectivity index (χ4n) is 2.08. The number of nitrogens with one attached hydrogen (secondary N) is 2. The van der Waals surface area contributed by atoms with Crippen molar-refractivity contribution in [3.63, 3.8) is 0 Å². The van der Waals surface area contributed by atoms with Gasteiger partial charge < -0.3 is 5.32 Å². The third-order valence-electron chi connectivity index (χ3n) is 3.05. The normalized spacial score (nSPS) is 11.2. The van der Waals surface area contributed by atoms with Gasteiger partial charge in [0, 0.05) is 24.7 Å². The molecule has 0 aliphatic heterocycles. The smallest absolute Gasteiger partial charge is 0.137 e. The molecule has 0 fully saturated rings. The molecule has 0 atom stereocenters. The molecule has 3 heterocycles. The molecule has 0 aliphatic carbocycles. The topological polar surface area (TPSA) is 70.9 Å². The molecule has 3 rings (SSSR count). The van der Waals surface area contributed by atoms with E-state index in [2.05, 4.69) is 31.7 Å². The zero-order chi connectivity index (χ0) is 12.9. The molecule has 0 unspecified atom stereocenters. The Morgan fingerprint density at radius 2 is 2.32 bits per heavy atom. The number of hydrogen-bond acceptors (Lipinski definition) is 4. The molecule has 0 aromatic carbocycles. The van der Waals surface area contributed by atoms with Crippen LogP contribution in [0.3, 0.4) is 0 Å². The van der Waals surface area contributed by atoms with Gasteiger partial charge in [0.25, 0.3) is 0 Å². The van der Waals surface area contributed by atoms with Crippen molar-refractivity contribution in [3.05, 3.63) is 48.3 Å². The molecule has 3 aromatic heterocycles. The van der Waals surface area contributed by atoms with Gasteiger partial charge in [-0.3, -0.25) is 5.10 Å². The lowest BCUT2D eigenvalue weighted by Gasteiger charge is -2.02. The van der Waals surface area contributed by atoms with Gasteiger partial charge in [0.05, 0.1) is 11.7 Å². The van der Waals surface area contributed by atoms with Crippen LogP contribution < -0.4 is 5.32 Å². The van der Waals surface area contributed by atoms with E-state index in [1.807, 2.05) is 29.0 Å². The standard InChI is InChI=1S/C13H16N6/c1-2-7-19-12(4-1)11(9-17-19)8-14-6-3-5-13-15-10-16-18-13/h1-2,4,7,9-10,14H,3,5-6,8H2,(H,15,16,18). The first-order valence-electron chi connectivity index (χ1n) is 6.40. The van der Waals surface area contributed by atoms with E-state index in [1.54, 1.807) is 6.33 Å². The van der Waals surface area contributed by atoms with Crippen molar-refractivity contribution in [1.82, 2.24) is 30.1 Å². The molecule has 0 aliphatic rings. The summed E-state index contributed by atoms with van der Waals surface area (Å²) in [5.41, 5.74) is 2.38. The summed E-state index contributed by atoms with van der Waals surface area (Å²) >= 11 is 0. The Hall–Kier alpha value is -2.21. The molecule has 0 amide bonds. The summed E-state index contributed by atoms with van der Waals surface area (Å²) in [4.78, 5) is 4.10. The third kappa shape index (κ3) is 2.79. The number of hydrogen-bond donors (Lipinski definition) is 2. The quantitative estimate of drug-likeness (QED) is 0.650. The number of fused-ring (bicyclic) bond motifs is 1. The highest BCUT2D eigenvalue weighted by Gasteiger charge is 2.02. The van der Waals surface area contributed by atoms with Gasteiger partial charge in [-0.25, -0.2) is 9.50 Å². The van der Waals surface area contributed by atoms with Gasteiger partial charge in [-0.15, -0.1) is 0 Å². The molecule has 98 valence electrons. The molecule has 0 saturated heterocycles. The van der Waals surface area contributed by atoms with Crippen LogP contribution in [0.4, 0.5) is 0 Å². The molecule has 3 aromatic rings. The van der Waals surface area contributed by atoms with Crippen LogP contribution in [-0.4, -0.2) is 31.3 Å². The molecule has 6 heteroatoms. The Balaban J connectivity index is 1.47. The second kappa shape index (κ2) is 5.62. The fourth-order valence-corrected chi connectivity index (χ4v) is 2.08. The van der Waals surface area contributed by atoms with Crippen LogP contribution in [0.15, 0.2) is 36.9 Å². The highest BCUT2D eigenvalue weighted by molar-refractivity contribution is 5.53. The number of aryl methyl sites for hydroxylation is 1. The second-order valence-corrected chi connectivity index (χ2v) is 4.41. The van der Waals surface area contributed by atoms with Crippen molar-refractivity contribution in [2.24, 2.45) is 0 Å². The number of aromatic nitrogens is 5. The Morgan fingerprint density at radius 1 is 1.32 bits per heavy atom. The first kappa shape index (κ1) is 11.9. The minimum Gasteiger partial charge on any atom is -0.313 e. The zero-order valence-electron chi connectivity index (χ0n) is 10.6. The molecular formula is C13H16N6. The van der Waals surface area contributed by atoms with Gasteiger partial charge in [0.15, 0.2) is 0 Å².